The van der Waals surface area contributed by atoms with Crippen LogP contribution < -0.4 is 0 Å². The van der Waals surface area contributed by atoms with Gasteiger partial charge in [0, 0.05) is 17.8 Å². The van der Waals surface area contributed by atoms with E-state index in [1.807, 2.05) is 0 Å². The van der Waals surface area contributed by atoms with Gasteiger partial charge < -0.3 is 5.11 Å². The van der Waals surface area contributed by atoms with E-state index < -0.39 is 29.8 Å². The number of carbonyl (C=O) groups is 1. The number of rotatable bonds is 3. The molecule has 0 saturated heterocycles. The zero-order valence-corrected chi connectivity index (χ0v) is 9.53. The lowest BCUT2D eigenvalue weighted by molar-refractivity contribution is -0.136. The van der Waals surface area contributed by atoms with Gasteiger partial charge in [0.2, 0.25) is 0 Å². The van der Waals surface area contributed by atoms with Crippen molar-refractivity contribution in [2.45, 2.75) is 6.42 Å². The van der Waals surface area contributed by atoms with Gasteiger partial charge in [-0.05, 0) is 23.8 Å². The molecule has 0 spiro atoms. The van der Waals surface area contributed by atoms with Crippen LogP contribution >= 0.6 is 0 Å². The van der Waals surface area contributed by atoms with Crippen LogP contribution in [0.2, 0.25) is 0 Å². The van der Waals surface area contributed by atoms with Crippen molar-refractivity contribution in [2.24, 2.45) is 0 Å². The van der Waals surface area contributed by atoms with Gasteiger partial charge in [-0.3, -0.25) is 9.78 Å². The van der Waals surface area contributed by atoms with E-state index in [4.69, 9.17) is 5.11 Å². The number of aromatic nitrogens is 1. The van der Waals surface area contributed by atoms with Crippen molar-refractivity contribution in [2.75, 3.05) is 0 Å². The average Bonchev–Trinajstić information content (AvgIpc) is 2.30. The molecule has 6 heteroatoms. The molecular formula is C13H8F3NO2. The van der Waals surface area contributed by atoms with Crippen LogP contribution in [0.3, 0.4) is 0 Å². The van der Waals surface area contributed by atoms with Crippen LogP contribution in [-0.2, 0) is 11.2 Å². The number of hydrogen-bond donors (Lipinski definition) is 1. The smallest absolute Gasteiger partial charge is 0.309 e. The third kappa shape index (κ3) is 2.90. The maximum absolute atomic E-state index is 14.0. The Hall–Kier alpha value is -2.37. The molecule has 1 N–H and O–H groups in total. The summed E-state index contributed by atoms with van der Waals surface area (Å²) >= 11 is 0. The topological polar surface area (TPSA) is 50.2 Å². The Balaban J connectivity index is 2.53. The zero-order valence-electron chi connectivity index (χ0n) is 9.53. The van der Waals surface area contributed by atoms with Crippen molar-refractivity contribution >= 4 is 5.97 Å². The van der Waals surface area contributed by atoms with Crippen molar-refractivity contribution in [3.8, 4) is 11.1 Å². The lowest BCUT2D eigenvalue weighted by atomic mass is 10.0. The first kappa shape index (κ1) is 13.1. The van der Waals surface area contributed by atoms with Gasteiger partial charge in [-0.15, -0.1) is 0 Å². The number of carboxylic acid groups (broad SMARTS) is 1. The molecule has 0 aliphatic carbocycles. The molecule has 0 aliphatic heterocycles. The van der Waals surface area contributed by atoms with Crippen molar-refractivity contribution in [3.05, 3.63) is 53.6 Å². The largest absolute Gasteiger partial charge is 0.481 e. The van der Waals surface area contributed by atoms with E-state index in [-0.39, 0.29) is 16.8 Å². The van der Waals surface area contributed by atoms with Crippen molar-refractivity contribution < 1.29 is 23.1 Å². The zero-order chi connectivity index (χ0) is 14.0. The minimum atomic E-state index is -1.24. The Bertz CT molecular complexity index is 624. The SMILES string of the molecule is O=C(O)Cc1nccc(-c2cc(F)cc(F)c2)c1F. The van der Waals surface area contributed by atoms with Crippen molar-refractivity contribution in [1.29, 1.82) is 0 Å². The predicted octanol–water partition coefficient (Wildman–Crippen LogP) is 2.79. The molecule has 0 bridgehead atoms. The van der Waals surface area contributed by atoms with E-state index in [1.165, 1.54) is 12.3 Å². The quantitative estimate of drug-likeness (QED) is 0.930. The minimum absolute atomic E-state index is 0.0101. The van der Waals surface area contributed by atoms with Crippen molar-refractivity contribution in [1.82, 2.24) is 4.98 Å². The Labute approximate surface area is 106 Å². The second kappa shape index (κ2) is 5.09. The Kier molecular flexibility index (Phi) is 3.50. The van der Waals surface area contributed by atoms with E-state index in [0.29, 0.717) is 6.07 Å². The number of benzene rings is 1. The summed E-state index contributed by atoms with van der Waals surface area (Å²) in [6, 6.07) is 3.83. The van der Waals surface area contributed by atoms with Crippen LogP contribution in [-0.4, -0.2) is 16.1 Å². The lowest BCUT2D eigenvalue weighted by Crippen LogP contribution is -2.06. The molecule has 1 heterocycles. The van der Waals surface area contributed by atoms with E-state index in [2.05, 4.69) is 4.98 Å². The fourth-order valence-electron chi connectivity index (χ4n) is 1.69. The number of carboxylic acids is 1. The highest BCUT2D eigenvalue weighted by atomic mass is 19.1. The summed E-state index contributed by atoms with van der Waals surface area (Å²) in [5, 5.41) is 8.61. The van der Waals surface area contributed by atoms with Crippen LogP contribution in [0.5, 0.6) is 0 Å². The highest BCUT2D eigenvalue weighted by Crippen LogP contribution is 2.25. The third-order valence-electron chi connectivity index (χ3n) is 2.45. The van der Waals surface area contributed by atoms with Crippen LogP contribution in [0.4, 0.5) is 13.2 Å². The second-order valence-electron chi connectivity index (χ2n) is 3.85. The maximum Gasteiger partial charge on any atom is 0.309 e. The number of hydrogen-bond acceptors (Lipinski definition) is 2. The summed E-state index contributed by atoms with van der Waals surface area (Å²) in [5.74, 6) is -3.82. The van der Waals surface area contributed by atoms with E-state index in [9.17, 15) is 18.0 Å². The third-order valence-corrected chi connectivity index (χ3v) is 2.45. The molecule has 0 aliphatic rings. The van der Waals surface area contributed by atoms with Crippen molar-refractivity contribution in [3.63, 3.8) is 0 Å². The summed E-state index contributed by atoms with van der Waals surface area (Å²) < 4.78 is 40.2. The van der Waals surface area contributed by atoms with Gasteiger partial charge in [0.1, 0.15) is 11.6 Å². The second-order valence-corrected chi connectivity index (χ2v) is 3.85. The molecule has 2 aromatic rings. The maximum atomic E-state index is 14.0. The monoisotopic (exact) mass is 267 g/mol. The Morgan fingerprint density at radius 3 is 2.37 bits per heavy atom. The summed E-state index contributed by atoms with van der Waals surface area (Å²) in [6.07, 6.45) is 0.594. The number of aliphatic carboxylic acids is 1. The highest BCUT2D eigenvalue weighted by molar-refractivity contribution is 5.71. The first-order valence-corrected chi connectivity index (χ1v) is 5.29. The summed E-state index contributed by atoms with van der Waals surface area (Å²) in [6.45, 7) is 0. The van der Waals surface area contributed by atoms with Gasteiger partial charge in [-0.2, -0.15) is 0 Å². The van der Waals surface area contributed by atoms with E-state index >= 15 is 0 Å². The molecule has 1 aromatic carbocycles. The molecule has 0 fully saturated rings. The lowest BCUT2D eigenvalue weighted by Gasteiger charge is -2.07. The molecule has 0 saturated carbocycles. The number of nitrogens with zero attached hydrogens (tertiary/aromatic N) is 1. The first-order valence-electron chi connectivity index (χ1n) is 5.29. The van der Waals surface area contributed by atoms with Gasteiger partial charge in [-0.25, -0.2) is 13.2 Å². The fraction of sp³-hybridized carbons (Fsp3) is 0.0769. The van der Waals surface area contributed by atoms with E-state index in [1.54, 1.807) is 0 Å². The van der Waals surface area contributed by atoms with Crippen LogP contribution in [0.1, 0.15) is 5.69 Å². The van der Waals surface area contributed by atoms with Crippen LogP contribution in [0.25, 0.3) is 11.1 Å². The fourth-order valence-corrected chi connectivity index (χ4v) is 1.69. The van der Waals surface area contributed by atoms with Gasteiger partial charge in [0.25, 0.3) is 0 Å². The van der Waals surface area contributed by atoms with Crippen LogP contribution in [0, 0.1) is 17.5 Å². The van der Waals surface area contributed by atoms with Gasteiger partial charge in [0.05, 0.1) is 12.1 Å². The molecule has 0 atom stereocenters. The number of halogens is 3. The molecule has 3 nitrogen and oxygen atoms in total. The number of pyridine rings is 1. The van der Waals surface area contributed by atoms with Gasteiger partial charge in [-0.1, -0.05) is 0 Å². The standard InChI is InChI=1S/C13H8F3NO2/c14-8-3-7(4-9(15)5-8)10-1-2-17-11(13(10)16)6-12(18)19/h1-5H,6H2,(H,18,19). The minimum Gasteiger partial charge on any atom is -0.481 e. The Morgan fingerprint density at radius 2 is 1.79 bits per heavy atom. The first-order chi connectivity index (χ1) is 8.97. The molecular weight excluding hydrogens is 259 g/mol. The highest BCUT2D eigenvalue weighted by Gasteiger charge is 2.15. The predicted molar refractivity (Wildman–Crippen MR) is 60.9 cm³/mol. The van der Waals surface area contributed by atoms with Gasteiger partial charge >= 0.3 is 5.97 Å². The van der Waals surface area contributed by atoms with Crippen LogP contribution in [0.15, 0.2) is 30.5 Å². The summed E-state index contributed by atoms with van der Waals surface area (Å²) in [5.41, 5.74) is -0.386. The molecule has 98 valence electrons. The summed E-state index contributed by atoms with van der Waals surface area (Å²) in [4.78, 5) is 14.2. The molecule has 0 amide bonds. The average molecular weight is 267 g/mol. The van der Waals surface area contributed by atoms with Gasteiger partial charge in [0.15, 0.2) is 5.82 Å². The molecule has 19 heavy (non-hydrogen) atoms. The normalized spacial score (nSPS) is 10.5. The molecule has 0 radical (unpaired) electrons. The molecule has 2 rings (SSSR count). The molecule has 0 unspecified atom stereocenters. The Morgan fingerprint density at radius 1 is 1.16 bits per heavy atom. The summed E-state index contributed by atoms with van der Waals surface area (Å²) in [7, 11) is 0. The molecule has 1 aromatic heterocycles. The van der Waals surface area contributed by atoms with E-state index in [0.717, 1.165) is 12.1 Å².